The van der Waals surface area contributed by atoms with E-state index in [0.29, 0.717) is 18.1 Å². The SMILES string of the molecule is Cc1ccc(C(C)(C)C)cc1Cc1nc(NCc2ccncn2)nc2ncn(C)c12. The molecule has 0 saturated carbocycles. The van der Waals surface area contributed by atoms with Crippen LogP contribution < -0.4 is 5.32 Å². The highest BCUT2D eigenvalue weighted by Gasteiger charge is 2.17. The van der Waals surface area contributed by atoms with Gasteiger partial charge in [-0.05, 0) is 35.1 Å². The van der Waals surface area contributed by atoms with Crippen LogP contribution in [0, 0.1) is 6.92 Å². The van der Waals surface area contributed by atoms with Gasteiger partial charge < -0.3 is 9.88 Å². The van der Waals surface area contributed by atoms with Crippen molar-refractivity contribution in [1.29, 1.82) is 0 Å². The molecule has 30 heavy (non-hydrogen) atoms. The van der Waals surface area contributed by atoms with Crippen molar-refractivity contribution in [2.24, 2.45) is 7.05 Å². The number of fused-ring (bicyclic) bond motifs is 1. The molecule has 4 aromatic rings. The molecule has 0 radical (unpaired) electrons. The normalized spacial score (nSPS) is 11.8. The van der Waals surface area contributed by atoms with Crippen LogP contribution in [0.5, 0.6) is 0 Å². The molecule has 3 heterocycles. The average Bonchev–Trinajstić information content (AvgIpc) is 3.09. The Hall–Kier alpha value is -3.35. The van der Waals surface area contributed by atoms with E-state index in [1.54, 1.807) is 12.5 Å². The smallest absolute Gasteiger partial charge is 0.225 e. The van der Waals surface area contributed by atoms with Gasteiger partial charge in [0.15, 0.2) is 5.65 Å². The van der Waals surface area contributed by atoms with Gasteiger partial charge in [-0.15, -0.1) is 0 Å². The molecule has 0 unspecified atom stereocenters. The molecule has 0 bridgehead atoms. The van der Waals surface area contributed by atoms with Gasteiger partial charge in [0, 0.05) is 19.7 Å². The van der Waals surface area contributed by atoms with Gasteiger partial charge in [0.25, 0.3) is 0 Å². The maximum absolute atomic E-state index is 4.85. The molecular weight excluding hydrogens is 374 g/mol. The van der Waals surface area contributed by atoms with Gasteiger partial charge in [0.2, 0.25) is 5.95 Å². The minimum Gasteiger partial charge on any atom is -0.348 e. The van der Waals surface area contributed by atoms with Crippen molar-refractivity contribution in [1.82, 2.24) is 29.5 Å². The zero-order chi connectivity index (χ0) is 21.3. The Bertz CT molecular complexity index is 1170. The number of aryl methyl sites for hydroxylation is 2. The van der Waals surface area contributed by atoms with E-state index in [-0.39, 0.29) is 5.41 Å². The van der Waals surface area contributed by atoms with E-state index < -0.39 is 0 Å². The quantitative estimate of drug-likeness (QED) is 0.545. The van der Waals surface area contributed by atoms with Crippen molar-refractivity contribution >= 4 is 17.1 Å². The molecule has 0 amide bonds. The molecule has 3 aromatic heterocycles. The fourth-order valence-electron chi connectivity index (χ4n) is 3.44. The lowest BCUT2D eigenvalue weighted by atomic mass is 9.84. The zero-order valence-corrected chi connectivity index (χ0v) is 18.1. The van der Waals surface area contributed by atoms with Crippen LogP contribution in [0.1, 0.15) is 48.8 Å². The molecule has 4 rings (SSSR count). The summed E-state index contributed by atoms with van der Waals surface area (Å²) in [6, 6.07) is 8.58. The third kappa shape index (κ3) is 4.15. The number of rotatable bonds is 5. The lowest BCUT2D eigenvalue weighted by Gasteiger charge is -2.21. The predicted molar refractivity (Wildman–Crippen MR) is 118 cm³/mol. The molecule has 0 aliphatic rings. The topological polar surface area (TPSA) is 81.4 Å². The van der Waals surface area contributed by atoms with Crippen molar-refractivity contribution < 1.29 is 0 Å². The maximum atomic E-state index is 4.85. The Balaban J connectivity index is 1.70. The lowest BCUT2D eigenvalue weighted by molar-refractivity contribution is 0.589. The standard InChI is InChI=1S/C23H27N7/c1-15-6-7-17(23(2,3)4)10-16(15)11-19-20-21(27-14-30(20)5)29-22(28-19)25-12-18-8-9-24-13-26-18/h6-10,13-14H,11-12H2,1-5H3,(H,25,28,29). The second-order valence-corrected chi connectivity index (χ2v) is 8.64. The molecule has 0 spiro atoms. The Morgan fingerprint density at radius 1 is 1.07 bits per heavy atom. The van der Waals surface area contributed by atoms with Gasteiger partial charge in [0.1, 0.15) is 11.8 Å². The molecule has 154 valence electrons. The second kappa shape index (κ2) is 7.82. The maximum Gasteiger partial charge on any atom is 0.225 e. The summed E-state index contributed by atoms with van der Waals surface area (Å²) in [5.41, 5.74) is 7.43. The van der Waals surface area contributed by atoms with Crippen LogP contribution in [0.2, 0.25) is 0 Å². The largest absolute Gasteiger partial charge is 0.348 e. The van der Waals surface area contributed by atoms with Crippen LogP contribution >= 0.6 is 0 Å². The highest BCUT2D eigenvalue weighted by molar-refractivity contribution is 5.75. The molecule has 0 atom stereocenters. The van der Waals surface area contributed by atoms with Crippen molar-refractivity contribution in [3.8, 4) is 0 Å². The first-order valence-corrected chi connectivity index (χ1v) is 10.1. The second-order valence-electron chi connectivity index (χ2n) is 8.64. The van der Waals surface area contributed by atoms with Crippen molar-refractivity contribution in [3.05, 3.63) is 71.2 Å². The van der Waals surface area contributed by atoms with E-state index in [0.717, 1.165) is 23.3 Å². The summed E-state index contributed by atoms with van der Waals surface area (Å²) in [6.45, 7) is 9.39. The number of anilines is 1. The molecule has 1 N–H and O–H groups in total. The molecule has 7 heteroatoms. The van der Waals surface area contributed by atoms with Crippen molar-refractivity contribution in [2.75, 3.05) is 5.32 Å². The first kappa shape index (κ1) is 19.9. The molecule has 0 aliphatic heterocycles. The summed E-state index contributed by atoms with van der Waals surface area (Å²) in [5, 5.41) is 3.28. The van der Waals surface area contributed by atoms with Crippen LogP contribution in [-0.4, -0.2) is 29.5 Å². The van der Waals surface area contributed by atoms with Gasteiger partial charge in [0.05, 0.1) is 24.3 Å². The van der Waals surface area contributed by atoms with E-state index in [9.17, 15) is 0 Å². The van der Waals surface area contributed by atoms with Crippen LogP contribution in [-0.2, 0) is 25.4 Å². The monoisotopic (exact) mass is 401 g/mol. The summed E-state index contributed by atoms with van der Waals surface area (Å²) in [6.07, 6.45) is 5.77. The lowest BCUT2D eigenvalue weighted by Crippen LogP contribution is -2.12. The zero-order valence-electron chi connectivity index (χ0n) is 18.1. The fourth-order valence-corrected chi connectivity index (χ4v) is 3.44. The predicted octanol–water partition coefficient (Wildman–Crippen LogP) is 3.96. The number of hydrogen-bond acceptors (Lipinski definition) is 6. The van der Waals surface area contributed by atoms with Gasteiger partial charge in [-0.25, -0.2) is 19.9 Å². The highest BCUT2D eigenvalue weighted by atomic mass is 15.2. The number of imidazole rings is 1. The number of benzene rings is 1. The number of nitrogens with zero attached hydrogens (tertiary/aromatic N) is 6. The summed E-state index contributed by atoms with van der Waals surface area (Å²) >= 11 is 0. The minimum absolute atomic E-state index is 0.0974. The van der Waals surface area contributed by atoms with Gasteiger partial charge in [-0.2, -0.15) is 4.98 Å². The first-order chi connectivity index (χ1) is 14.3. The van der Waals surface area contributed by atoms with Gasteiger partial charge >= 0.3 is 0 Å². The van der Waals surface area contributed by atoms with E-state index in [4.69, 9.17) is 4.98 Å². The van der Waals surface area contributed by atoms with E-state index in [1.165, 1.54) is 23.0 Å². The van der Waals surface area contributed by atoms with E-state index in [1.807, 2.05) is 17.7 Å². The summed E-state index contributed by atoms with van der Waals surface area (Å²) < 4.78 is 1.99. The highest BCUT2D eigenvalue weighted by Crippen LogP contribution is 2.27. The van der Waals surface area contributed by atoms with Gasteiger partial charge in [-0.1, -0.05) is 39.0 Å². The third-order valence-electron chi connectivity index (χ3n) is 5.29. The van der Waals surface area contributed by atoms with Gasteiger partial charge in [-0.3, -0.25) is 0 Å². The Labute approximate surface area is 176 Å². The van der Waals surface area contributed by atoms with Crippen LogP contribution in [0.3, 0.4) is 0 Å². The molecular formula is C23H27N7. The Morgan fingerprint density at radius 3 is 2.63 bits per heavy atom. The molecule has 7 nitrogen and oxygen atoms in total. The Morgan fingerprint density at radius 2 is 1.90 bits per heavy atom. The summed E-state index contributed by atoms with van der Waals surface area (Å²) in [4.78, 5) is 22.1. The number of nitrogens with one attached hydrogen (secondary N) is 1. The van der Waals surface area contributed by atoms with E-state index >= 15 is 0 Å². The minimum atomic E-state index is 0.0974. The van der Waals surface area contributed by atoms with Crippen LogP contribution in [0.15, 0.2) is 43.1 Å². The molecule has 0 fully saturated rings. The Kier molecular flexibility index (Phi) is 5.20. The average molecular weight is 402 g/mol. The van der Waals surface area contributed by atoms with Crippen LogP contribution in [0.25, 0.3) is 11.2 Å². The molecule has 1 aromatic carbocycles. The van der Waals surface area contributed by atoms with Crippen molar-refractivity contribution in [3.63, 3.8) is 0 Å². The summed E-state index contributed by atoms with van der Waals surface area (Å²) in [7, 11) is 1.98. The number of aromatic nitrogens is 6. The molecule has 0 aliphatic carbocycles. The first-order valence-electron chi connectivity index (χ1n) is 10.1. The fraction of sp³-hybridized carbons (Fsp3) is 0.348. The van der Waals surface area contributed by atoms with E-state index in [2.05, 4.69) is 71.1 Å². The molecule has 0 saturated heterocycles. The number of hydrogen-bond donors (Lipinski definition) is 1. The summed E-state index contributed by atoms with van der Waals surface area (Å²) in [5.74, 6) is 0.555. The van der Waals surface area contributed by atoms with Crippen molar-refractivity contribution in [2.45, 2.75) is 46.1 Å². The third-order valence-corrected chi connectivity index (χ3v) is 5.29. The van der Waals surface area contributed by atoms with Crippen LogP contribution in [0.4, 0.5) is 5.95 Å².